The average Bonchev–Trinajstić information content (AvgIpc) is 3.23. The Bertz CT molecular complexity index is 821. The minimum absolute atomic E-state index is 0.211. The van der Waals surface area contributed by atoms with Crippen LogP contribution in [0, 0.1) is 5.92 Å². The second-order valence-electron chi connectivity index (χ2n) is 6.96. The highest BCUT2D eigenvalue weighted by Crippen LogP contribution is 2.29. The summed E-state index contributed by atoms with van der Waals surface area (Å²) in [4.78, 5) is 26.5. The van der Waals surface area contributed by atoms with E-state index in [1.807, 2.05) is 22.6 Å². The van der Waals surface area contributed by atoms with Crippen molar-refractivity contribution in [3.63, 3.8) is 0 Å². The molecule has 1 aliphatic carbocycles. The second-order valence-corrected chi connectivity index (χ2v) is 6.96. The van der Waals surface area contributed by atoms with Crippen LogP contribution in [0.25, 0.3) is 0 Å². The lowest BCUT2D eigenvalue weighted by Crippen LogP contribution is -2.43. The summed E-state index contributed by atoms with van der Waals surface area (Å²) in [5, 5.41) is 11.2. The smallest absolute Gasteiger partial charge is 0.290 e. The predicted molar refractivity (Wildman–Crippen MR) is 92.0 cm³/mol. The van der Waals surface area contributed by atoms with Crippen molar-refractivity contribution in [3.05, 3.63) is 35.0 Å². The number of carbonyl (C=O) groups excluding carboxylic acids is 2. The minimum atomic E-state index is -0.301. The summed E-state index contributed by atoms with van der Waals surface area (Å²) < 4.78 is 6.96. The highest BCUT2D eigenvalue weighted by Gasteiger charge is 2.31. The van der Waals surface area contributed by atoms with Crippen molar-refractivity contribution < 1.29 is 14.1 Å². The monoisotopic (exact) mass is 357 g/mol. The molecule has 1 saturated carbocycles. The van der Waals surface area contributed by atoms with Gasteiger partial charge in [0.05, 0.1) is 36.7 Å². The number of aryl methyl sites for hydroxylation is 1. The molecule has 2 aromatic heterocycles. The van der Waals surface area contributed by atoms with Crippen LogP contribution >= 0.6 is 0 Å². The highest BCUT2D eigenvalue weighted by atomic mass is 16.5. The van der Waals surface area contributed by atoms with Crippen molar-refractivity contribution in [3.8, 4) is 0 Å². The Morgan fingerprint density at radius 3 is 2.81 bits per heavy atom. The van der Waals surface area contributed by atoms with Crippen molar-refractivity contribution in [1.29, 1.82) is 0 Å². The van der Waals surface area contributed by atoms with Gasteiger partial charge >= 0.3 is 0 Å². The number of nitrogens with one attached hydrogen (secondary N) is 1. The summed E-state index contributed by atoms with van der Waals surface area (Å²) in [6, 6.07) is 3.61. The molecule has 26 heavy (non-hydrogen) atoms. The summed E-state index contributed by atoms with van der Waals surface area (Å²) in [6.45, 7) is 4.27. The first-order chi connectivity index (χ1) is 12.6. The molecule has 0 aromatic carbocycles. The summed E-state index contributed by atoms with van der Waals surface area (Å²) in [5.41, 5.74) is 2.55. The molecule has 0 bridgehead atoms. The van der Waals surface area contributed by atoms with E-state index in [4.69, 9.17) is 4.52 Å². The van der Waals surface area contributed by atoms with Crippen LogP contribution < -0.4 is 5.32 Å². The molecule has 8 nitrogen and oxygen atoms in total. The van der Waals surface area contributed by atoms with Crippen LogP contribution in [0.2, 0.25) is 0 Å². The molecular weight excluding hydrogens is 334 g/mol. The molecular formula is C18H23N5O3. The lowest BCUT2D eigenvalue weighted by atomic mass is 9.84. The molecule has 138 valence electrons. The van der Waals surface area contributed by atoms with Crippen LogP contribution in [0.4, 0.5) is 0 Å². The molecule has 0 saturated heterocycles. The van der Waals surface area contributed by atoms with E-state index in [9.17, 15) is 9.59 Å². The Morgan fingerprint density at radius 2 is 2.12 bits per heavy atom. The third-order valence-electron chi connectivity index (χ3n) is 5.19. The molecule has 0 unspecified atom stereocenters. The first-order valence-electron chi connectivity index (χ1n) is 9.22. The van der Waals surface area contributed by atoms with Crippen molar-refractivity contribution in [2.75, 3.05) is 6.54 Å². The molecule has 0 atom stereocenters. The maximum atomic E-state index is 12.4. The molecule has 1 fully saturated rings. The van der Waals surface area contributed by atoms with E-state index in [0.717, 1.165) is 42.8 Å². The van der Waals surface area contributed by atoms with E-state index in [2.05, 4.69) is 15.6 Å². The molecule has 0 spiro atoms. The first kappa shape index (κ1) is 16.8. The van der Waals surface area contributed by atoms with Crippen LogP contribution in [0.1, 0.15) is 53.8 Å². The van der Waals surface area contributed by atoms with Gasteiger partial charge in [0, 0.05) is 18.5 Å². The van der Waals surface area contributed by atoms with E-state index >= 15 is 0 Å². The zero-order valence-corrected chi connectivity index (χ0v) is 14.9. The second kappa shape index (κ2) is 6.93. The molecule has 2 amide bonds. The third kappa shape index (κ3) is 3.23. The maximum Gasteiger partial charge on any atom is 0.290 e. The Labute approximate surface area is 151 Å². The van der Waals surface area contributed by atoms with Gasteiger partial charge in [0.15, 0.2) is 0 Å². The summed E-state index contributed by atoms with van der Waals surface area (Å²) >= 11 is 0. The minimum Gasteiger partial charge on any atom is -0.351 e. The van der Waals surface area contributed by atoms with Crippen LogP contribution in [0.5, 0.6) is 0 Å². The number of rotatable bonds is 5. The largest absolute Gasteiger partial charge is 0.351 e. The number of hydrogen-bond acceptors (Lipinski definition) is 5. The molecule has 4 rings (SSSR count). The van der Waals surface area contributed by atoms with Gasteiger partial charge in [-0.05, 0) is 25.3 Å². The van der Waals surface area contributed by atoms with Gasteiger partial charge in [-0.15, -0.1) is 0 Å². The Hall–Kier alpha value is -2.64. The van der Waals surface area contributed by atoms with E-state index in [-0.39, 0.29) is 23.5 Å². The van der Waals surface area contributed by atoms with Crippen LogP contribution in [0.15, 0.2) is 16.7 Å². The number of aromatic nitrogens is 3. The summed E-state index contributed by atoms with van der Waals surface area (Å²) in [7, 11) is 0. The van der Waals surface area contributed by atoms with Crippen LogP contribution in [-0.4, -0.2) is 38.2 Å². The number of nitrogens with zero attached hydrogens (tertiary/aromatic N) is 4. The molecule has 1 N–H and O–H groups in total. The number of fused-ring (bicyclic) bond motifs is 1. The van der Waals surface area contributed by atoms with Gasteiger partial charge in [-0.1, -0.05) is 18.5 Å². The fourth-order valence-electron chi connectivity index (χ4n) is 3.36. The molecule has 2 aliphatic rings. The fraction of sp³-hybridized carbons (Fsp3) is 0.556. The van der Waals surface area contributed by atoms with E-state index in [1.54, 1.807) is 6.07 Å². The fourth-order valence-corrected chi connectivity index (χ4v) is 3.36. The highest BCUT2D eigenvalue weighted by molar-refractivity contribution is 5.91. The summed E-state index contributed by atoms with van der Waals surface area (Å²) in [5.74, 6) is 0.404. The molecule has 2 aromatic rings. The molecule has 8 heteroatoms. The molecule has 0 radical (unpaired) electrons. The maximum absolute atomic E-state index is 12.4. The number of carbonyl (C=O) groups is 2. The Morgan fingerprint density at radius 1 is 1.27 bits per heavy atom. The zero-order valence-electron chi connectivity index (χ0n) is 14.9. The standard InChI is InChI=1S/C18H23N5O3/c1-2-13-9-16(26-21-13)17(24)19-10-14-8-15-11-22(6-7-23(15)20-14)18(25)12-4-3-5-12/h8-9,12H,2-7,10-11H2,1H3,(H,19,24). The van der Waals surface area contributed by atoms with Gasteiger partial charge in [0.1, 0.15) is 0 Å². The quantitative estimate of drug-likeness (QED) is 0.875. The van der Waals surface area contributed by atoms with Crippen molar-refractivity contribution >= 4 is 11.8 Å². The normalized spacial score (nSPS) is 16.9. The van der Waals surface area contributed by atoms with Crippen LogP contribution in [-0.2, 0) is 30.8 Å². The van der Waals surface area contributed by atoms with Gasteiger partial charge in [-0.2, -0.15) is 5.10 Å². The van der Waals surface area contributed by atoms with Crippen molar-refractivity contribution in [2.24, 2.45) is 5.92 Å². The molecule has 1 aliphatic heterocycles. The van der Waals surface area contributed by atoms with E-state index < -0.39 is 0 Å². The van der Waals surface area contributed by atoms with Crippen molar-refractivity contribution in [1.82, 2.24) is 25.2 Å². The number of amides is 2. The topological polar surface area (TPSA) is 93.3 Å². The average molecular weight is 357 g/mol. The number of hydrogen-bond donors (Lipinski definition) is 1. The van der Waals surface area contributed by atoms with E-state index in [0.29, 0.717) is 26.2 Å². The Kier molecular flexibility index (Phi) is 4.48. The van der Waals surface area contributed by atoms with Crippen LogP contribution in [0.3, 0.4) is 0 Å². The third-order valence-corrected chi connectivity index (χ3v) is 5.19. The van der Waals surface area contributed by atoms with Gasteiger partial charge in [-0.3, -0.25) is 14.3 Å². The van der Waals surface area contributed by atoms with Gasteiger partial charge in [0.2, 0.25) is 11.7 Å². The Balaban J connectivity index is 1.35. The van der Waals surface area contributed by atoms with E-state index in [1.165, 1.54) is 0 Å². The SMILES string of the molecule is CCc1cc(C(=O)NCc2cc3n(n2)CCN(C(=O)C2CCC2)C3)on1. The summed E-state index contributed by atoms with van der Waals surface area (Å²) in [6.07, 6.45) is 3.93. The lowest BCUT2D eigenvalue weighted by molar-refractivity contribution is -0.139. The van der Waals surface area contributed by atoms with Gasteiger partial charge in [-0.25, -0.2) is 0 Å². The predicted octanol–water partition coefficient (Wildman–Crippen LogP) is 1.51. The van der Waals surface area contributed by atoms with Gasteiger partial charge in [0.25, 0.3) is 5.91 Å². The van der Waals surface area contributed by atoms with Gasteiger partial charge < -0.3 is 14.7 Å². The molecule has 3 heterocycles. The first-order valence-corrected chi connectivity index (χ1v) is 9.22. The van der Waals surface area contributed by atoms with Crippen molar-refractivity contribution in [2.45, 2.75) is 52.2 Å². The lowest BCUT2D eigenvalue weighted by Gasteiger charge is -2.34. The zero-order chi connectivity index (χ0) is 18.1.